The van der Waals surface area contributed by atoms with E-state index in [0.717, 1.165) is 12.1 Å². The molecule has 1 aliphatic rings. The van der Waals surface area contributed by atoms with E-state index in [9.17, 15) is 23.1 Å². The smallest absolute Gasteiger partial charge is 0.391 e. The second-order valence-corrected chi connectivity index (χ2v) is 7.79. The number of rotatable bonds is 2. The van der Waals surface area contributed by atoms with Crippen LogP contribution in [0.15, 0.2) is 34.9 Å². The van der Waals surface area contributed by atoms with E-state index in [1.54, 1.807) is 11.8 Å². The zero-order valence-corrected chi connectivity index (χ0v) is 16.4. The molecule has 0 spiro atoms. The molecule has 0 bridgehead atoms. The number of hydrogen-bond donors (Lipinski definition) is 1. The molecule has 1 saturated heterocycles. The number of nitrogens with zero attached hydrogens (tertiary/aromatic N) is 3. The van der Waals surface area contributed by atoms with E-state index in [-0.39, 0.29) is 40.9 Å². The van der Waals surface area contributed by atoms with Gasteiger partial charge in [0.2, 0.25) is 0 Å². The minimum absolute atomic E-state index is 0.0800. The van der Waals surface area contributed by atoms with Gasteiger partial charge in [0.1, 0.15) is 0 Å². The Morgan fingerprint density at radius 2 is 2.03 bits per heavy atom. The van der Waals surface area contributed by atoms with Crippen LogP contribution in [-0.4, -0.2) is 45.2 Å². The third kappa shape index (κ3) is 3.77. The summed E-state index contributed by atoms with van der Waals surface area (Å²) in [7, 11) is 0. The minimum atomic E-state index is -4.50. The summed E-state index contributed by atoms with van der Waals surface area (Å²) in [5.74, 6) is -0.214. The fourth-order valence-electron chi connectivity index (χ4n) is 3.92. The number of carbonyl (C=O) groups is 1. The van der Waals surface area contributed by atoms with Crippen LogP contribution in [0, 0.1) is 12.8 Å². The molecule has 1 aromatic carbocycles. The van der Waals surface area contributed by atoms with Crippen molar-refractivity contribution in [2.75, 3.05) is 13.1 Å². The van der Waals surface area contributed by atoms with Crippen molar-refractivity contribution in [3.05, 3.63) is 47.2 Å². The highest BCUT2D eigenvalue weighted by Crippen LogP contribution is 2.34. The number of carbonyl (C=O) groups excluding carboxylic acids is 1. The van der Waals surface area contributed by atoms with Crippen molar-refractivity contribution in [2.24, 2.45) is 5.92 Å². The first kappa shape index (κ1) is 20.3. The van der Waals surface area contributed by atoms with E-state index in [1.165, 1.54) is 18.2 Å². The summed E-state index contributed by atoms with van der Waals surface area (Å²) in [6.45, 7) is 4.28. The van der Waals surface area contributed by atoms with Gasteiger partial charge < -0.3 is 14.5 Å². The van der Waals surface area contributed by atoms with E-state index in [1.807, 2.05) is 6.92 Å². The predicted molar refractivity (Wildman–Crippen MR) is 103 cm³/mol. The number of pyridine rings is 1. The summed E-state index contributed by atoms with van der Waals surface area (Å²) in [5, 5.41) is 14.4. The first-order valence-electron chi connectivity index (χ1n) is 9.55. The second kappa shape index (κ2) is 7.39. The Morgan fingerprint density at radius 1 is 1.27 bits per heavy atom. The summed E-state index contributed by atoms with van der Waals surface area (Å²) in [6.07, 6.45) is -4.51. The summed E-state index contributed by atoms with van der Waals surface area (Å²) in [5.41, 5.74) is 0.364. The molecular formula is C21H20F3N3O3. The fraction of sp³-hybridized carbons (Fsp3) is 0.381. The Kier molecular flexibility index (Phi) is 5.01. The lowest BCUT2D eigenvalue weighted by atomic mass is 9.96. The molecule has 2 unspecified atom stereocenters. The van der Waals surface area contributed by atoms with Crippen molar-refractivity contribution in [2.45, 2.75) is 32.5 Å². The molecule has 158 valence electrons. The zero-order chi connectivity index (χ0) is 21.6. The predicted octanol–water partition coefficient (Wildman–Crippen LogP) is 4.06. The monoisotopic (exact) mass is 419 g/mol. The highest BCUT2D eigenvalue weighted by Gasteiger charge is 2.32. The van der Waals surface area contributed by atoms with Gasteiger partial charge >= 0.3 is 6.18 Å². The number of benzene rings is 1. The molecule has 1 aliphatic heterocycles. The maximum atomic E-state index is 13.3. The van der Waals surface area contributed by atoms with Gasteiger partial charge in [0.15, 0.2) is 0 Å². The maximum Gasteiger partial charge on any atom is 0.416 e. The average Bonchev–Trinajstić information content (AvgIpc) is 3.06. The number of likely N-dealkylation sites (tertiary alicyclic amines) is 1. The molecule has 9 heteroatoms. The molecule has 0 aliphatic carbocycles. The Bertz CT molecular complexity index is 1100. The van der Waals surface area contributed by atoms with Gasteiger partial charge in [-0.1, -0.05) is 24.2 Å². The van der Waals surface area contributed by atoms with Crippen molar-refractivity contribution in [1.29, 1.82) is 0 Å². The quantitative estimate of drug-likeness (QED) is 0.678. The van der Waals surface area contributed by atoms with Crippen LogP contribution in [0.2, 0.25) is 0 Å². The second-order valence-electron chi connectivity index (χ2n) is 7.79. The average molecular weight is 419 g/mol. The van der Waals surface area contributed by atoms with Gasteiger partial charge in [-0.2, -0.15) is 13.2 Å². The number of aryl methyl sites for hydroxylation is 1. The molecule has 1 fully saturated rings. The molecule has 3 heterocycles. The molecule has 0 radical (unpaired) electrons. The van der Waals surface area contributed by atoms with E-state index in [4.69, 9.17) is 4.52 Å². The van der Waals surface area contributed by atoms with Crippen molar-refractivity contribution in [1.82, 2.24) is 15.0 Å². The van der Waals surface area contributed by atoms with Crippen LogP contribution in [0.5, 0.6) is 0 Å². The van der Waals surface area contributed by atoms with Crippen molar-refractivity contribution >= 4 is 17.0 Å². The topological polar surface area (TPSA) is 79.5 Å². The lowest BCUT2D eigenvalue weighted by Crippen LogP contribution is -2.45. The standard InChI is InChI=1S/C21H20F3N3O3/c1-11-6-15(28)10-27(9-11)20(29)16-8-17(25-19-18(16)12(2)26-30-19)13-4-3-5-14(7-13)21(22,23)24/h3-5,7-8,11,15,28H,6,9-10H2,1-2H3. The molecular weight excluding hydrogens is 399 g/mol. The number of hydrogen-bond acceptors (Lipinski definition) is 5. The number of alkyl halides is 3. The molecule has 2 aromatic heterocycles. The summed E-state index contributed by atoms with van der Waals surface area (Å²) >= 11 is 0. The Morgan fingerprint density at radius 3 is 2.73 bits per heavy atom. The molecule has 6 nitrogen and oxygen atoms in total. The molecule has 4 rings (SSSR count). The summed E-state index contributed by atoms with van der Waals surface area (Å²) < 4.78 is 44.6. The highest BCUT2D eigenvalue weighted by molar-refractivity contribution is 6.07. The number of piperidine rings is 1. The van der Waals surface area contributed by atoms with Crippen LogP contribution in [-0.2, 0) is 6.18 Å². The maximum absolute atomic E-state index is 13.3. The number of aliphatic hydroxyl groups is 1. The van der Waals surface area contributed by atoms with Gasteiger partial charge in [0, 0.05) is 18.7 Å². The van der Waals surface area contributed by atoms with Crippen LogP contribution in [0.1, 0.15) is 35.0 Å². The number of aromatic nitrogens is 2. The Labute approximate surface area is 170 Å². The van der Waals surface area contributed by atoms with E-state index >= 15 is 0 Å². The summed E-state index contributed by atoms with van der Waals surface area (Å²) in [4.78, 5) is 19.1. The molecule has 30 heavy (non-hydrogen) atoms. The lowest BCUT2D eigenvalue weighted by molar-refractivity contribution is -0.137. The van der Waals surface area contributed by atoms with E-state index < -0.39 is 17.8 Å². The van der Waals surface area contributed by atoms with Crippen molar-refractivity contribution in [3.63, 3.8) is 0 Å². The number of fused-ring (bicyclic) bond motifs is 1. The van der Waals surface area contributed by atoms with Gasteiger partial charge in [0.05, 0.1) is 34.0 Å². The lowest BCUT2D eigenvalue weighted by Gasteiger charge is -2.34. The number of halogens is 3. The fourth-order valence-corrected chi connectivity index (χ4v) is 3.92. The van der Waals surface area contributed by atoms with E-state index in [0.29, 0.717) is 24.0 Å². The zero-order valence-electron chi connectivity index (χ0n) is 16.4. The highest BCUT2D eigenvalue weighted by atomic mass is 19.4. The largest absolute Gasteiger partial charge is 0.416 e. The molecule has 0 saturated carbocycles. The van der Waals surface area contributed by atoms with Crippen molar-refractivity contribution in [3.8, 4) is 11.3 Å². The van der Waals surface area contributed by atoms with Gasteiger partial charge in [0.25, 0.3) is 11.6 Å². The third-order valence-corrected chi connectivity index (χ3v) is 5.26. The van der Waals surface area contributed by atoms with Crippen LogP contribution >= 0.6 is 0 Å². The number of aliphatic hydroxyl groups excluding tert-OH is 1. The van der Waals surface area contributed by atoms with Gasteiger partial charge in [-0.15, -0.1) is 0 Å². The van der Waals surface area contributed by atoms with Gasteiger partial charge in [-0.25, -0.2) is 4.98 Å². The van der Waals surface area contributed by atoms with Crippen LogP contribution in [0.3, 0.4) is 0 Å². The first-order valence-corrected chi connectivity index (χ1v) is 9.55. The van der Waals surface area contributed by atoms with Gasteiger partial charge in [-0.3, -0.25) is 4.79 Å². The Hall–Kier alpha value is -2.94. The van der Waals surface area contributed by atoms with Crippen LogP contribution < -0.4 is 0 Å². The van der Waals surface area contributed by atoms with Crippen molar-refractivity contribution < 1.29 is 27.6 Å². The normalized spacial score (nSPS) is 20.0. The molecule has 1 amide bonds. The SMILES string of the molecule is Cc1noc2nc(-c3cccc(C(F)(F)F)c3)cc(C(=O)N3CC(C)CC(O)C3)c12. The molecule has 1 N–H and O–H groups in total. The third-order valence-electron chi connectivity index (χ3n) is 5.26. The first-order chi connectivity index (χ1) is 14.1. The van der Waals surface area contributed by atoms with Crippen LogP contribution in [0.4, 0.5) is 13.2 Å². The van der Waals surface area contributed by atoms with E-state index in [2.05, 4.69) is 10.1 Å². The van der Waals surface area contributed by atoms with Gasteiger partial charge in [-0.05, 0) is 37.5 Å². The van der Waals surface area contributed by atoms with Crippen LogP contribution in [0.25, 0.3) is 22.4 Å². The summed E-state index contributed by atoms with van der Waals surface area (Å²) in [6, 6.07) is 6.21. The molecule has 3 aromatic rings. The Balaban J connectivity index is 1.82. The molecule has 2 atom stereocenters. The number of β-amino-alcohol motifs (C(OH)–C–C–N with tert-alkyl or cyclic N) is 1. The number of amides is 1. The minimum Gasteiger partial charge on any atom is -0.391 e.